The summed E-state index contributed by atoms with van der Waals surface area (Å²) in [6.07, 6.45) is 4.13. The molecule has 29 heavy (non-hydrogen) atoms. The van der Waals surface area contributed by atoms with Gasteiger partial charge >= 0.3 is 5.84 Å². The Hall–Kier alpha value is -3.11. The van der Waals surface area contributed by atoms with E-state index in [0.29, 0.717) is 5.56 Å². The summed E-state index contributed by atoms with van der Waals surface area (Å²) in [5.74, 6) is 0.171. The molecule has 0 bridgehead atoms. The lowest BCUT2D eigenvalue weighted by atomic mass is 9.84. The molecule has 1 radical (unpaired) electrons. The highest BCUT2D eigenvalue weighted by Gasteiger charge is 2.59. The highest BCUT2D eigenvalue weighted by molar-refractivity contribution is 5.96. The highest BCUT2D eigenvalue weighted by atomic mass is 16.5. The minimum Gasteiger partial charge on any atom is -0.714 e. The van der Waals surface area contributed by atoms with Crippen LogP contribution in [0.4, 0.5) is 0 Å². The van der Waals surface area contributed by atoms with Crippen LogP contribution in [0.2, 0.25) is 0 Å². The topological polar surface area (TPSA) is 49.2 Å². The van der Waals surface area contributed by atoms with E-state index in [1.165, 1.54) is 10.8 Å². The van der Waals surface area contributed by atoms with Crippen LogP contribution in [0.3, 0.4) is 0 Å². The van der Waals surface area contributed by atoms with Crippen molar-refractivity contribution in [2.45, 2.75) is 38.8 Å². The van der Waals surface area contributed by atoms with Crippen LogP contribution >= 0.6 is 0 Å². The molecule has 1 heterocycles. The van der Waals surface area contributed by atoms with Crippen LogP contribution in [-0.4, -0.2) is 26.7 Å². The van der Waals surface area contributed by atoms with Gasteiger partial charge < -0.3 is 5.21 Å². The van der Waals surface area contributed by atoms with Crippen LogP contribution in [0, 0.1) is 5.21 Å². The molecule has 1 aliphatic rings. The second-order valence-electron chi connectivity index (χ2n) is 8.55. The standard InChI is InChI=1S/C25H25N2O2/c1-24(2)25(3,4)27(29)23(26(24)28)21-16-13-18(14-17-21)12-15-20-10-7-9-19-8-5-6-11-22(19)20/h5-17H,1-4H3/b15-12+. The van der Waals surface area contributed by atoms with Crippen LogP contribution in [0.5, 0.6) is 0 Å². The third-order valence-electron chi connectivity index (χ3n) is 6.34. The number of fused-ring (bicyclic) bond motifs is 1. The molecule has 0 aliphatic carbocycles. The monoisotopic (exact) mass is 385 g/mol. The maximum absolute atomic E-state index is 12.8. The van der Waals surface area contributed by atoms with Gasteiger partial charge in [-0.05, 0) is 61.7 Å². The summed E-state index contributed by atoms with van der Waals surface area (Å²) in [6, 6.07) is 22.1. The maximum atomic E-state index is 12.8. The molecular weight excluding hydrogens is 360 g/mol. The summed E-state index contributed by atoms with van der Waals surface area (Å²) < 4.78 is 0.848. The Balaban J connectivity index is 1.64. The molecule has 0 fully saturated rings. The molecule has 4 heteroatoms. The molecule has 0 unspecified atom stereocenters. The van der Waals surface area contributed by atoms with Crippen molar-refractivity contribution in [2.75, 3.05) is 0 Å². The van der Waals surface area contributed by atoms with Crippen molar-refractivity contribution in [2.24, 2.45) is 0 Å². The Morgan fingerprint density at radius 1 is 0.862 bits per heavy atom. The highest BCUT2D eigenvalue weighted by Crippen LogP contribution is 2.37. The summed E-state index contributed by atoms with van der Waals surface area (Å²) in [4.78, 5) is 0. The zero-order valence-electron chi connectivity index (χ0n) is 17.2. The van der Waals surface area contributed by atoms with E-state index in [9.17, 15) is 10.4 Å². The first-order valence-corrected chi connectivity index (χ1v) is 9.81. The van der Waals surface area contributed by atoms with Gasteiger partial charge in [-0.1, -0.05) is 71.8 Å². The summed E-state index contributed by atoms with van der Waals surface area (Å²) in [6.45, 7) is 7.22. The van der Waals surface area contributed by atoms with E-state index in [1.807, 2.05) is 42.5 Å². The van der Waals surface area contributed by atoms with Crippen molar-refractivity contribution >= 4 is 28.8 Å². The number of nitrogens with zero attached hydrogens (tertiary/aromatic N) is 2. The molecule has 1 aliphatic heterocycles. The van der Waals surface area contributed by atoms with Gasteiger partial charge in [0.05, 0.1) is 5.56 Å². The molecule has 0 spiro atoms. The van der Waals surface area contributed by atoms with E-state index in [2.05, 4.69) is 36.4 Å². The third-order valence-corrected chi connectivity index (χ3v) is 6.34. The van der Waals surface area contributed by atoms with Gasteiger partial charge in [0.15, 0.2) is 5.54 Å². The lowest BCUT2D eigenvalue weighted by Crippen LogP contribution is -2.53. The third kappa shape index (κ3) is 3.00. The van der Waals surface area contributed by atoms with Crippen molar-refractivity contribution in [3.63, 3.8) is 0 Å². The number of rotatable bonds is 3. The van der Waals surface area contributed by atoms with Gasteiger partial charge in [0.2, 0.25) is 0 Å². The van der Waals surface area contributed by atoms with E-state index in [4.69, 9.17) is 0 Å². The average Bonchev–Trinajstić information content (AvgIpc) is 2.83. The van der Waals surface area contributed by atoms with Gasteiger partial charge in [-0.15, -0.1) is 0 Å². The minimum absolute atomic E-state index is 0.171. The smallest absolute Gasteiger partial charge is 0.316 e. The zero-order chi connectivity index (χ0) is 20.8. The van der Waals surface area contributed by atoms with E-state index < -0.39 is 11.1 Å². The molecule has 147 valence electrons. The first-order chi connectivity index (χ1) is 13.7. The second-order valence-corrected chi connectivity index (χ2v) is 8.55. The quantitative estimate of drug-likeness (QED) is 0.340. The lowest BCUT2D eigenvalue weighted by molar-refractivity contribution is -0.539. The molecule has 0 amide bonds. The summed E-state index contributed by atoms with van der Waals surface area (Å²) in [5.41, 5.74) is 1.18. The summed E-state index contributed by atoms with van der Waals surface area (Å²) in [7, 11) is 0. The Morgan fingerprint density at radius 2 is 1.52 bits per heavy atom. The molecule has 4 nitrogen and oxygen atoms in total. The van der Waals surface area contributed by atoms with Gasteiger partial charge in [0, 0.05) is 5.21 Å². The van der Waals surface area contributed by atoms with Gasteiger partial charge in [-0.3, -0.25) is 4.74 Å². The average molecular weight is 385 g/mol. The largest absolute Gasteiger partial charge is 0.714 e. The first-order valence-electron chi connectivity index (χ1n) is 9.81. The second kappa shape index (κ2) is 6.75. The van der Waals surface area contributed by atoms with Crippen molar-refractivity contribution in [1.29, 1.82) is 0 Å². The Morgan fingerprint density at radius 3 is 2.17 bits per heavy atom. The van der Waals surface area contributed by atoms with Crippen molar-refractivity contribution in [3.8, 4) is 0 Å². The van der Waals surface area contributed by atoms with Crippen molar-refractivity contribution in [1.82, 2.24) is 5.06 Å². The fraction of sp³-hybridized carbons (Fsp3) is 0.240. The first kappa shape index (κ1) is 19.2. The molecule has 0 atom stereocenters. The van der Waals surface area contributed by atoms with E-state index in [0.717, 1.165) is 20.9 Å². The SMILES string of the molecule is CC1(C)N([O])C(c2ccc(/C=C/c3cccc4ccccc34)cc2)=[N+]([O-])C1(C)C. The summed E-state index contributed by atoms with van der Waals surface area (Å²) in [5, 5.41) is 28.9. The molecule has 0 aromatic heterocycles. The normalized spacial score (nSPS) is 18.2. The van der Waals surface area contributed by atoms with Crippen LogP contribution in [0.25, 0.3) is 22.9 Å². The number of hydrogen-bond donors (Lipinski definition) is 0. The van der Waals surface area contributed by atoms with E-state index in [1.54, 1.807) is 27.7 Å². The van der Waals surface area contributed by atoms with Gasteiger partial charge in [0.25, 0.3) is 0 Å². The Bertz CT molecular complexity index is 1120. The van der Waals surface area contributed by atoms with Crippen LogP contribution in [0.1, 0.15) is 44.4 Å². The number of hydrogen-bond acceptors (Lipinski definition) is 2. The predicted octanol–water partition coefficient (Wildman–Crippen LogP) is 5.49. The molecule has 3 aromatic carbocycles. The van der Waals surface area contributed by atoms with Gasteiger partial charge in [-0.2, -0.15) is 0 Å². The predicted molar refractivity (Wildman–Crippen MR) is 118 cm³/mol. The molecule has 3 aromatic rings. The van der Waals surface area contributed by atoms with E-state index >= 15 is 0 Å². The molecule has 0 N–H and O–H groups in total. The lowest BCUT2D eigenvalue weighted by Gasteiger charge is -2.32. The summed E-state index contributed by atoms with van der Waals surface area (Å²) >= 11 is 0. The fourth-order valence-corrected chi connectivity index (χ4v) is 3.67. The zero-order valence-corrected chi connectivity index (χ0v) is 17.2. The Kier molecular flexibility index (Phi) is 4.47. The molecule has 0 saturated heterocycles. The van der Waals surface area contributed by atoms with Crippen LogP contribution in [0.15, 0.2) is 66.7 Å². The molecule has 4 rings (SSSR count). The fourth-order valence-electron chi connectivity index (χ4n) is 3.67. The number of hydroxylamine groups is 3. The number of amidine groups is 1. The molecular formula is C25H25N2O2. The van der Waals surface area contributed by atoms with Gasteiger partial charge in [-0.25, -0.2) is 0 Å². The van der Waals surface area contributed by atoms with Crippen LogP contribution in [-0.2, 0) is 5.21 Å². The Labute approximate surface area is 171 Å². The van der Waals surface area contributed by atoms with Crippen LogP contribution < -0.4 is 0 Å². The van der Waals surface area contributed by atoms with Crippen molar-refractivity contribution in [3.05, 3.63) is 88.6 Å². The van der Waals surface area contributed by atoms with Gasteiger partial charge in [0.1, 0.15) is 5.54 Å². The van der Waals surface area contributed by atoms with Crippen molar-refractivity contribution < 1.29 is 9.95 Å². The minimum atomic E-state index is -0.809. The van der Waals surface area contributed by atoms with E-state index in [-0.39, 0.29) is 5.84 Å². The number of benzene rings is 3. The maximum Gasteiger partial charge on any atom is 0.316 e. The molecule has 0 saturated carbocycles.